The van der Waals surface area contributed by atoms with E-state index in [-0.39, 0.29) is 18.4 Å². The molecule has 18 heavy (non-hydrogen) atoms. The molecular formula is C11H11Cl3N4. The van der Waals surface area contributed by atoms with E-state index in [9.17, 15) is 0 Å². The molecule has 0 atom stereocenters. The number of hydrogen-bond acceptors (Lipinski definition) is 4. The summed E-state index contributed by atoms with van der Waals surface area (Å²) in [5.41, 5.74) is 6.98. The lowest BCUT2D eigenvalue weighted by atomic mass is 10.1. The second-order valence-corrected chi connectivity index (χ2v) is 4.13. The Balaban J connectivity index is 0.00000162. The third-order valence-corrected chi connectivity index (χ3v) is 3.05. The molecule has 1 aromatic carbocycles. The first-order valence-corrected chi connectivity index (χ1v) is 5.64. The summed E-state index contributed by atoms with van der Waals surface area (Å²) in [5.74, 6) is 0.812. The summed E-state index contributed by atoms with van der Waals surface area (Å²) in [6.45, 7) is 0. The minimum Gasteiger partial charge on any atom is -0.373 e. The first kappa shape index (κ1) is 14.8. The van der Waals surface area contributed by atoms with Crippen molar-refractivity contribution in [3.63, 3.8) is 0 Å². The van der Waals surface area contributed by atoms with Gasteiger partial charge in [-0.2, -0.15) is 4.98 Å². The number of rotatable bonds is 2. The minimum absolute atomic E-state index is 0. The number of nitrogen functional groups attached to an aromatic ring is 1. The van der Waals surface area contributed by atoms with E-state index in [2.05, 4.69) is 15.3 Å². The third-order valence-electron chi connectivity index (χ3n) is 2.23. The quantitative estimate of drug-likeness (QED) is 0.891. The third kappa shape index (κ3) is 2.96. The highest BCUT2D eigenvalue weighted by Crippen LogP contribution is 2.33. The topological polar surface area (TPSA) is 63.8 Å². The van der Waals surface area contributed by atoms with E-state index in [1.54, 1.807) is 25.2 Å². The van der Waals surface area contributed by atoms with Crippen LogP contribution in [0.15, 0.2) is 24.3 Å². The lowest BCUT2D eigenvalue weighted by Gasteiger charge is -2.07. The largest absolute Gasteiger partial charge is 0.373 e. The van der Waals surface area contributed by atoms with Gasteiger partial charge in [-0.15, -0.1) is 12.4 Å². The van der Waals surface area contributed by atoms with Crippen LogP contribution in [0.3, 0.4) is 0 Å². The van der Waals surface area contributed by atoms with Crippen molar-refractivity contribution in [1.82, 2.24) is 9.97 Å². The predicted octanol–water partition coefficient (Wildman–Crippen LogP) is 3.50. The molecule has 4 nitrogen and oxygen atoms in total. The van der Waals surface area contributed by atoms with Crippen LogP contribution in [0.5, 0.6) is 0 Å². The summed E-state index contributed by atoms with van der Waals surface area (Å²) in [6, 6.07) is 7.11. The number of nitrogens with two attached hydrogens (primary N) is 1. The van der Waals surface area contributed by atoms with Crippen LogP contribution in [0.2, 0.25) is 10.0 Å². The van der Waals surface area contributed by atoms with Gasteiger partial charge in [0.05, 0.1) is 15.7 Å². The molecule has 0 fully saturated rings. The molecule has 0 aliphatic carbocycles. The zero-order chi connectivity index (χ0) is 12.4. The van der Waals surface area contributed by atoms with Gasteiger partial charge in [0.25, 0.3) is 0 Å². The van der Waals surface area contributed by atoms with Crippen LogP contribution in [0, 0.1) is 0 Å². The SMILES string of the molecule is CNc1cc(-c2cccc(Cl)c2Cl)nc(N)n1.Cl. The van der Waals surface area contributed by atoms with Gasteiger partial charge in [0.1, 0.15) is 5.82 Å². The molecule has 7 heteroatoms. The lowest BCUT2D eigenvalue weighted by molar-refractivity contribution is 1.18. The maximum atomic E-state index is 6.12. The van der Waals surface area contributed by atoms with Crippen molar-refractivity contribution in [3.8, 4) is 11.3 Å². The number of benzene rings is 1. The number of aromatic nitrogens is 2. The summed E-state index contributed by atoms with van der Waals surface area (Å²) in [4.78, 5) is 8.15. The standard InChI is InChI=1S/C11H10Cl2N4.ClH/c1-15-9-5-8(16-11(14)17-9)6-3-2-4-7(12)10(6)13;/h2-5H,1H3,(H3,14,15,16,17);1H. The van der Waals surface area contributed by atoms with Crippen LogP contribution in [0.1, 0.15) is 0 Å². The van der Waals surface area contributed by atoms with E-state index in [1.165, 1.54) is 0 Å². The van der Waals surface area contributed by atoms with Crippen LogP contribution in [-0.4, -0.2) is 17.0 Å². The summed E-state index contributed by atoms with van der Waals surface area (Å²) >= 11 is 12.1. The summed E-state index contributed by atoms with van der Waals surface area (Å²) in [5, 5.41) is 3.84. The van der Waals surface area contributed by atoms with Crippen LogP contribution in [0.4, 0.5) is 11.8 Å². The van der Waals surface area contributed by atoms with Crippen LogP contribution >= 0.6 is 35.6 Å². The Morgan fingerprint density at radius 2 is 1.94 bits per heavy atom. The van der Waals surface area contributed by atoms with Gasteiger partial charge in [-0.3, -0.25) is 0 Å². The van der Waals surface area contributed by atoms with E-state index < -0.39 is 0 Å². The molecule has 0 saturated carbocycles. The molecule has 1 aromatic heterocycles. The van der Waals surface area contributed by atoms with Gasteiger partial charge in [-0.05, 0) is 6.07 Å². The van der Waals surface area contributed by atoms with Gasteiger partial charge in [0.15, 0.2) is 0 Å². The summed E-state index contributed by atoms with van der Waals surface area (Å²) in [6.07, 6.45) is 0. The van der Waals surface area contributed by atoms with Crippen LogP contribution in [0.25, 0.3) is 11.3 Å². The van der Waals surface area contributed by atoms with Crippen LogP contribution < -0.4 is 11.1 Å². The van der Waals surface area contributed by atoms with Crippen molar-refractivity contribution in [2.45, 2.75) is 0 Å². The fourth-order valence-corrected chi connectivity index (χ4v) is 1.83. The summed E-state index contributed by atoms with van der Waals surface area (Å²) in [7, 11) is 1.76. The molecule has 0 saturated heterocycles. The number of nitrogens with zero attached hydrogens (tertiary/aromatic N) is 2. The Kier molecular flexibility index (Phi) is 5.02. The maximum absolute atomic E-state index is 6.12. The lowest BCUT2D eigenvalue weighted by Crippen LogP contribution is -2.01. The smallest absolute Gasteiger partial charge is 0.222 e. The van der Waals surface area contributed by atoms with E-state index in [4.69, 9.17) is 28.9 Å². The molecule has 0 spiro atoms. The highest BCUT2D eigenvalue weighted by atomic mass is 35.5. The molecule has 1 heterocycles. The minimum atomic E-state index is 0. The van der Waals surface area contributed by atoms with Crippen molar-refractivity contribution in [3.05, 3.63) is 34.3 Å². The molecule has 0 aliphatic heterocycles. The molecule has 0 bridgehead atoms. The second kappa shape index (κ2) is 6.09. The number of halogens is 3. The monoisotopic (exact) mass is 304 g/mol. The van der Waals surface area contributed by atoms with Gasteiger partial charge >= 0.3 is 0 Å². The van der Waals surface area contributed by atoms with Crippen LogP contribution in [-0.2, 0) is 0 Å². The number of nitrogens with one attached hydrogen (secondary N) is 1. The van der Waals surface area contributed by atoms with E-state index >= 15 is 0 Å². The van der Waals surface area contributed by atoms with E-state index in [0.29, 0.717) is 21.6 Å². The highest BCUT2D eigenvalue weighted by Gasteiger charge is 2.10. The first-order valence-electron chi connectivity index (χ1n) is 4.88. The average molecular weight is 306 g/mol. The Labute approximate surface area is 121 Å². The first-order chi connectivity index (χ1) is 8.11. The van der Waals surface area contributed by atoms with Crippen molar-refractivity contribution in [2.75, 3.05) is 18.1 Å². The molecule has 2 rings (SSSR count). The summed E-state index contributed by atoms with van der Waals surface area (Å²) < 4.78 is 0. The van der Waals surface area contributed by atoms with Gasteiger partial charge < -0.3 is 11.1 Å². The Morgan fingerprint density at radius 3 is 2.61 bits per heavy atom. The normalized spacial score (nSPS) is 9.72. The fourth-order valence-electron chi connectivity index (χ4n) is 1.43. The highest BCUT2D eigenvalue weighted by molar-refractivity contribution is 6.43. The average Bonchev–Trinajstić information content (AvgIpc) is 2.31. The molecule has 0 radical (unpaired) electrons. The number of anilines is 2. The molecule has 2 aromatic rings. The van der Waals surface area contributed by atoms with Crippen molar-refractivity contribution in [1.29, 1.82) is 0 Å². The molecule has 0 aliphatic rings. The zero-order valence-corrected chi connectivity index (χ0v) is 11.8. The van der Waals surface area contributed by atoms with E-state index in [1.807, 2.05) is 6.07 Å². The zero-order valence-electron chi connectivity index (χ0n) is 9.45. The molecule has 0 amide bonds. The Morgan fingerprint density at radius 1 is 1.22 bits per heavy atom. The Bertz CT molecular complexity index is 560. The van der Waals surface area contributed by atoms with Gasteiger partial charge in [0.2, 0.25) is 5.95 Å². The predicted molar refractivity (Wildman–Crippen MR) is 78.7 cm³/mol. The molecule has 3 N–H and O–H groups in total. The van der Waals surface area contributed by atoms with Crippen molar-refractivity contribution in [2.24, 2.45) is 0 Å². The van der Waals surface area contributed by atoms with E-state index in [0.717, 1.165) is 5.56 Å². The fraction of sp³-hybridized carbons (Fsp3) is 0.0909. The van der Waals surface area contributed by atoms with Gasteiger partial charge in [0, 0.05) is 18.7 Å². The second-order valence-electron chi connectivity index (χ2n) is 3.35. The molecule has 96 valence electrons. The van der Waals surface area contributed by atoms with Crippen molar-refractivity contribution < 1.29 is 0 Å². The maximum Gasteiger partial charge on any atom is 0.222 e. The van der Waals surface area contributed by atoms with Gasteiger partial charge in [-0.25, -0.2) is 4.98 Å². The van der Waals surface area contributed by atoms with Gasteiger partial charge in [-0.1, -0.05) is 35.3 Å². The van der Waals surface area contributed by atoms with Crippen molar-refractivity contribution >= 4 is 47.4 Å². The molecule has 0 unspecified atom stereocenters. The Hall–Kier alpha value is -1.23. The number of hydrogen-bond donors (Lipinski definition) is 2. The molecular weight excluding hydrogens is 295 g/mol.